The van der Waals surface area contributed by atoms with Gasteiger partial charge in [-0.05, 0) is 19.1 Å². The van der Waals surface area contributed by atoms with Gasteiger partial charge in [-0.2, -0.15) is 0 Å². The predicted octanol–water partition coefficient (Wildman–Crippen LogP) is 1.87. The summed E-state index contributed by atoms with van der Waals surface area (Å²) < 4.78 is 28.9. The van der Waals surface area contributed by atoms with Crippen LogP contribution >= 0.6 is 0 Å². The van der Waals surface area contributed by atoms with Gasteiger partial charge in [0.1, 0.15) is 11.6 Å². The van der Waals surface area contributed by atoms with E-state index in [4.69, 9.17) is 0 Å². The average molecular weight is 281 g/mol. The molecule has 0 bridgehead atoms. The zero-order chi connectivity index (χ0) is 14.5. The van der Waals surface area contributed by atoms with Crippen molar-refractivity contribution in [3.8, 4) is 0 Å². The highest BCUT2D eigenvalue weighted by molar-refractivity contribution is 5.22. The second-order valence-corrected chi connectivity index (χ2v) is 4.72. The maximum Gasteiger partial charge on any atom is 0.131 e. The lowest BCUT2D eigenvalue weighted by Gasteiger charge is -2.18. The monoisotopic (exact) mass is 281 g/mol. The minimum absolute atomic E-state index is 0.0358. The number of aromatic nitrogens is 2. The third-order valence-electron chi connectivity index (χ3n) is 3.04. The number of hydrogen-bond acceptors (Lipinski definition) is 3. The Bertz CT molecular complexity index is 525. The van der Waals surface area contributed by atoms with Gasteiger partial charge in [-0.3, -0.25) is 0 Å². The van der Waals surface area contributed by atoms with Gasteiger partial charge in [0.05, 0.1) is 18.0 Å². The minimum atomic E-state index is -1.22. The standard InChI is InChI=1S/C14H17F2N3O/c1-10(8-19-6-5-17-9-19)18-7-13(20)14-11(15)3-2-4-12(14)16/h2-6,9-10,13,18,20H,7-8H2,1H3. The van der Waals surface area contributed by atoms with Crippen LogP contribution in [-0.2, 0) is 6.54 Å². The van der Waals surface area contributed by atoms with E-state index in [1.54, 1.807) is 12.5 Å². The Morgan fingerprint density at radius 2 is 2.05 bits per heavy atom. The van der Waals surface area contributed by atoms with Crippen molar-refractivity contribution in [2.45, 2.75) is 25.6 Å². The molecule has 0 radical (unpaired) electrons. The first kappa shape index (κ1) is 14.6. The molecule has 0 aliphatic rings. The number of nitrogens with zero attached hydrogens (tertiary/aromatic N) is 2. The van der Waals surface area contributed by atoms with Gasteiger partial charge in [0.15, 0.2) is 0 Å². The van der Waals surface area contributed by atoms with E-state index in [1.807, 2.05) is 17.7 Å². The lowest BCUT2D eigenvalue weighted by Crippen LogP contribution is -2.34. The maximum atomic E-state index is 13.5. The van der Waals surface area contributed by atoms with E-state index in [1.165, 1.54) is 6.07 Å². The lowest BCUT2D eigenvalue weighted by molar-refractivity contribution is 0.160. The summed E-state index contributed by atoms with van der Waals surface area (Å²) in [6.45, 7) is 2.66. The van der Waals surface area contributed by atoms with Crippen LogP contribution < -0.4 is 5.32 Å². The molecule has 108 valence electrons. The van der Waals surface area contributed by atoms with Gasteiger partial charge in [0.25, 0.3) is 0 Å². The van der Waals surface area contributed by atoms with E-state index >= 15 is 0 Å². The molecular weight excluding hydrogens is 264 g/mol. The fourth-order valence-corrected chi connectivity index (χ4v) is 2.02. The molecule has 0 aliphatic carbocycles. The molecule has 0 saturated heterocycles. The summed E-state index contributed by atoms with van der Waals surface area (Å²) in [5.74, 6) is -1.47. The summed E-state index contributed by atoms with van der Waals surface area (Å²) in [5, 5.41) is 12.9. The Morgan fingerprint density at radius 3 is 2.65 bits per heavy atom. The highest BCUT2D eigenvalue weighted by atomic mass is 19.1. The fourth-order valence-electron chi connectivity index (χ4n) is 2.02. The first-order valence-electron chi connectivity index (χ1n) is 6.39. The molecule has 20 heavy (non-hydrogen) atoms. The van der Waals surface area contributed by atoms with Crippen LogP contribution in [-0.4, -0.2) is 27.2 Å². The maximum absolute atomic E-state index is 13.5. The van der Waals surface area contributed by atoms with Crippen LogP contribution in [0, 0.1) is 11.6 Å². The average Bonchev–Trinajstić information content (AvgIpc) is 2.89. The number of halogens is 2. The number of aliphatic hydroxyl groups is 1. The van der Waals surface area contributed by atoms with E-state index in [9.17, 15) is 13.9 Å². The van der Waals surface area contributed by atoms with Gasteiger partial charge in [-0.15, -0.1) is 0 Å². The first-order valence-corrected chi connectivity index (χ1v) is 6.39. The molecule has 6 heteroatoms. The minimum Gasteiger partial charge on any atom is -0.387 e. The van der Waals surface area contributed by atoms with Crippen molar-refractivity contribution in [2.24, 2.45) is 0 Å². The molecule has 2 aromatic rings. The van der Waals surface area contributed by atoms with Crippen molar-refractivity contribution in [1.29, 1.82) is 0 Å². The highest BCUT2D eigenvalue weighted by Crippen LogP contribution is 2.20. The van der Waals surface area contributed by atoms with E-state index < -0.39 is 17.7 Å². The van der Waals surface area contributed by atoms with Crippen molar-refractivity contribution in [1.82, 2.24) is 14.9 Å². The number of rotatable bonds is 6. The number of imidazole rings is 1. The number of benzene rings is 1. The lowest BCUT2D eigenvalue weighted by atomic mass is 10.1. The zero-order valence-corrected chi connectivity index (χ0v) is 11.1. The number of aliphatic hydroxyl groups excluding tert-OH is 1. The van der Waals surface area contributed by atoms with E-state index in [2.05, 4.69) is 10.3 Å². The molecule has 1 aromatic carbocycles. The molecule has 0 aliphatic heterocycles. The SMILES string of the molecule is CC(Cn1ccnc1)NCC(O)c1c(F)cccc1F. The molecule has 2 unspecified atom stereocenters. The number of nitrogens with one attached hydrogen (secondary N) is 1. The molecule has 1 aromatic heterocycles. The van der Waals surface area contributed by atoms with Crippen LogP contribution in [0.5, 0.6) is 0 Å². The Hall–Kier alpha value is -1.79. The summed E-state index contributed by atoms with van der Waals surface area (Å²) in [6, 6.07) is 3.58. The molecule has 0 fully saturated rings. The van der Waals surface area contributed by atoms with E-state index in [0.29, 0.717) is 6.54 Å². The van der Waals surface area contributed by atoms with Crippen molar-refractivity contribution in [3.05, 3.63) is 54.1 Å². The normalized spacial score (nSPS) is 14.2. The van der Waals surface area contributed by atoms with Crippen LogP contribution in [0.1, 0.15) is 18.6 Å². The van der Waals surface area contributed by atoms with Gasteiger partial charge in [0.2, 0.25) is 0 Å². The summed E-state index contributed by atoms with van der Waals surface area (Å²) in [5.41, 5.74) is -0.296. The van der Waals surface area contributed by atoms with Crippen molar-refractivity contribution >= 4 is 0 Å². The predicted molar refractivity (Wildman–Crippen MR) is 71.0 cm³/mol. The topological polar surface area (TPSA) is 50.1 Å². The molecule has 0 amide bonds. The van der Waals surface area contributed by atoms with Gasteiger partial charge >= 0.3 is 0 Å². The van der Waals surface area contributed by atoms with Crippen LogP contribution in [0.3, 0.4) is 0 Å². The van der Waals surface area contributed by atoms with Crippen LogP contribution in [0.2, 0.25) is 0 Å². The van der Waals surface area contributed by atoms with Gasteiger partial charge in [0, 0.05) is 31.5 Å². The summed E-state index contributed by atoms with van der Waals surface area (Å²) in [4.78, 5) is 3.93. The second kappa shape index (κ2) is 6.58. The summed E-state index contributed by atoms with van der Waals surface area (Å²) in [6.07, 6.45) is 3.97. The molecule has 0 saturated carbocycles. The first-order chi connectivity index (χ1) is 9.58. The summed E-state index contributed by atoms with van der Waals surface area (Å²) in [7, 11) is 0. The van der Waals surface area contributed by atoms with Crippen molar-refractivity contribution in [3.63, 3.8) is 0 Å². The smallest absolute Gasteiger partial charge is 0.131 e. The van der Waals surface area contributed by atoms with Gasteiger partial charge < -0.3 is 15.0 Å². The third kappa shape index (κ3) is 3.61. The Balaban J connectivity index is 1.90. The quantitative estimate of drug-likeness (QED) is 0.850. The van der Waals surface area contributed by atoms with Crippen LogP contribution in [0.25, 0.3) is 0 Å². The molecule has 2 N–H and O–H groups in total. The fraction of sp³-hybridized carbons (Fsp3) is 0.357. The van der Waals surface area contributed by atoms with Crippen LogP contribution in [0.4, 0.5) is 8.78 Å². The molecular formula is C14H17F2N3O. The molecule has 4 nitrogen and oxygen atoms in total. The van der Waals surface area contributed by atoms with E-state index in [0.717, 1.165) is 12.1 Å². The van der Waals surface area contributed by atoms with Crippen molar-refractivity contribution in [2.75, 3.05) is 6.54 Å². The summed E-state index contributed by atoms with van der Waals surface area (Å²) >= 11 is 0. The molecule has 1 heterocycles. The molecule has 2 atom stereocenters. The second-order valence-electron chi connectivity index (χ2n) is 4.72. The van der Waals surface area contributed by atoms with Crippen molar-refractivity contribution < 1.29 is 13.9 Å². The zero-order valence-electron chi connectivity index (χ0n) is 11.1. The Morgan fingerprint density at radius 1 is 1.35 bits per heavy atom. The highest BCUT2D eigenvalue weighted by Gasteiger charge is 2.18. The van der Waals surface area contributed by atoms with Crippen LogP contribution in [0.15, 0.2) is 36.9 Å². The molecule has 2 rings (SSSR count). The molecule has 0 spiro atoms. The van der Waals surface area contributed by atoms with Gasteiger partial charge in [-0.25, -0.2) is 13.8 Å². The van der Waals surface area contributed by atoms with Gasteiger partial charge in [-0.1, -0.05) is 6.07 Å². The Kier molecular flexibility index (Phi) is 4.81. The third-order valence-corrected chi connectivity index (χ3v) is 3.04. The van der Waals surface area contributed by atoms with E-state index in [-0.39, 0.29) is 18.2 Å². The number of hydrogen-bond donors (Lipinski definition) is 2. The largest absolute Gasteiger partial charge is 0.387 e. The Labute approximate surface area is 116 Å².